The quantitative estimate of drug-likeness (QED) is 0.692. The molecule has 162 valence electrons. The normalized spacial score (nSPS) is 23.6. The summed E-state index contributed by atoms with van der Waals surface area (Å²) in [5.74, 6) is -0.106. The Labute approximate surface area is 182 Å². The summed E-state index contributed by atoms with van der Waals surface area (Å²) in [6.07, 6.45) is 10.6. The van der Waals surface area contributed by atoms with Gasteiger partial charge >= 0.3 is 0 Å². The number of piperidine rings is 1. The Morgan fingerprint density at radius 2 is 1.61 bits per heavy atom. The molecule has 1 aromatic carbocycles. The van der Waals surface area contributed by atoms with Crippen LogP contribution in [0.15, 0.2) is 48.8 Å². The number of benzene rings is 1. The molecule has 31 heavy (non-hydrogen) atoms. The predicted molar refractivity (Wildman–Crippen MR) is 115 cm³/mol. The van der Waals surface area contributed by atoms with Crippen molar-refractivity contribution >= 4 is 11.8 Å². The minimum Gasteiger partial charge on any atom is -0.338 e. The monoisotopic (exact) mass is 421 g/mol. The van der Waals surface area contributed by atoms with Crippen molar-refractivity contribution in [1.29, 1.82) is 0 Å². The largest absolute Gasteiger partial charge is 0.338 e. The van der Waals surface area contributed by atoms with Crippen molar-refractivity contribution in [1.82, 2.24) is 14.8 Å². The lowest BCUT2D eigenvalue weighted by atomic mass is 9.59. The molecular formula is C25H28FN3O2. The van der Waals surface area contributed by atoms with Gasteiger partial charge in [-0.05, 0) is 67.6 Å². The molecule has 0 bridgehead atoms. The highest BCUT2D eigenvalue weighted by molar-refractivity contribution is 5.94. The molecule has 5 nitrogen and oxygen atoms in total. The Morgan fingerprint density at radius 3 is 2.26 bits per heavy atom. The molecule has 1 atom stereocenters. The van der Waals surface area contributed by atoms with Crippen molar-refractivity contribution in [3.63, 3.8) is 0 Å². The lowest BCUT2D eigenvalue weighted by Gasteiger charge is -2.61. The highest BCUT2D eigenvalue weighted by Crippen LogP contribution is 2.59. The molecule has 5 rings (SSSR count). The minimum atomic E-state index is -0.342. The fraction of sp³-hybridized carbons (Fsp3) is 0.480. The first kappa shape index (κ1) is 20.2. The predicted octanol–water partition coefficient (Wildman–Crippen LogP) is 4.36. The molecule has 1 aromatic heterocycles. The minimum absolute atomic E-state index is 0.0668. The first-order valence-electron chi connectivity index (χ1n) is 11.4. The van der Waals surface area contributed by atoms with E-state index in [4.69, 9.17) is 0 Å². The van der Waals surface area contributed by atoms with Crippen molar-refractivity contribution in [2.75, 3.05) is 13.1 Å². The molecule has 0 N–H and O–H groups in total. The smallest absolute Gasteiger partial charge is 0.253 e. The average Bonchev–Trinajstić information content (AvgIpc) is 2.83. The number of carbonyl (C=O) groups excluding carboxylic acids is 2. The van der Waals surface area contributed by atoms with Gasteiger partial charge in [0.15, 0.2) is 0 Å². The molecule has 2 saturated heterocycles. The maximum absolute atomic E-state index is 13.5. The molecule has 0 radical (unpaired) electrons. The molecule has 2 aliphatic heterocycles. The fourth-order valence-electron chi connectivity index (χ4n) is 5.89. The molecule has 1 aliphatic carbocycles. The maximum atomic E-state index is 13.5. The summed E-state index contributed by atoms with van der Waals surface area (Å²) in [6.45, 7) is 1.22. The topological polar surface area (TPSA) is 53.5 Å². The van der Waals surface area contributed by atoms with E-state index in [1.165, 1.54) is 36.2 Å². The second-order valence-corrected chi connectivity index (χ2v) is 9.14. The third-order valence-corrected chi connectivity index (χ3v) is 7.47. The van der Waals surface area contributed by atoms with Crippen molar-refractivity contribution < 1.29 is 14.0 Å². The van der Waals surface area contributed by atoms with Gasteiger partial charge in [0.2, 0.25) is 5.91 Å². The van der Waals surface area contributed by atoms with Crippen LogP contribution >= 0.6 is 0 Å². The van der Waals surface area contributed by atoms with Gasteiger partial charge in [0, 0.05) is 37.1 Å². The van der Waals surface area contributed by atoms with E-state index in [2.05, 4.69) is 9.88 Å². The molecule has 1 unspecified atom stereocenters. The van der Waals surface area contributed by atoms with Gasteiger partial charge in [-0.25, -0.2) is 4.39 Å². The lowest BCUT2D eigenvalue weighted by molar-refractivity contribution is -0.186. The van der Waals surface area contributed by atoms with Gasteiger partial charge in [0.05, 0.1) is 11.5 Å². The second kappa shape index (κ2) is 8.06. The van der Waals surface area contributed by atoms with Crippen LogP contribution in [-0.2, 0) is 4.79 Å². The summed E-state index contributed by atoms with van der Waals surface area (Å²) in [5.41, 5.74) is 1.44. The molecule has 1 saturated carbocycles. The third kappa shape index (κ3) is 3.42. The van der Waals surface area contributed by atoms with Crippen molar-refractivity contribution in [2.24, 2.45) is 5.41 Å². The van der Waals surface area contributed by atoms with Gasteiger partial charge in [-0.3, -0.25) is 14.6 Å². The number of β-lactam (4-membered cyclic amide) rings is 1. The van der Waals surface area contributed by atoms with Gasteiger partial charge in [0.1, 0.15) is 5.82 Å². The van der Waals surface area contributed by atoms with E-state index >= 15 is 0 Å². The number of hydrogen-bond donors (Lipinski definition) is 0. The fourth-order valence-corrected chi connectivity index (χ4v) is 5.89. The van der Waals surface area contributed by atoms with E-state index in [1.54, 1.807) is 0 Å². The second-order valence-electron chi connectivity index (χ2n) is 9.14. The average molecular weight is 422 g/mol. The van der Waals surface area contributed by atoms with Crippen molar-refractivity contribution in [3.05, 3.63) is 65.7 Å². The number of amides is 2. The molecule has 6 heteroatoms. The first-order chi connectivity index (χ1) is 15.1. The highest BCUT2D eigenvalue weighted by Gasteiger charge is 2.62. The van der Waals surface area contributed by atoms with E-state index < -0.39 is 0 Å². The summed E-state index contributed by atoms with van der Waals surface area (Å²) < 4.78 is 13.2. The lowest BCUT2D eigenvalue weighted by Crippen LogP contribution is -2.67. The number of likely N-dealkylation sites (tertiary alicyclic amines) is 2. The zero-order valence-electron chi connectivity index (χ0n) is 17.7. The van der Waals surface area contributed by atoms with Crippen molar-refractivity contribution in [3.8, 4) is 0 Å². The molecule has 3 heterocycles. The number of rotatable bonds is 3. The molecule has 1 spiro atoms. The number of nitrogens with zero attached hydrogens (tertiary/aromatic N) is 3. The molecule has 3 aliphatic rings. The van der Waals surface area contributed by atoms with Crippen LogP contribution in [0, 0.1) is 11.2 Å². The molecule has 2 amide bonds. The van der Waals surface area contributed by atoms with E-state index in [1.807, 2.05) is 29.4 Å². The zero-order chi connectivity index (χ0) is 21.4. The molecular weight excluding hydrogens is 393 g/mol. The molecule has 2 aromatic rings. The number of aromatic nitrogens is 1. The third-order valence-electron chi connectivity index (χ3n) is 7.47. The van der Waals surface area contributed by atoms with Gasteiger partial charge in [-0.2, -0.15) is 0 Å². The standard InChI is InChI=1S/C25H28FN3O2/c26-20-6-4-19(5-7-20)23(30)28-16-10-21(11-17-28)29-22(18-8-14-27-15-9-18)25(24(29)31)12-2-1-3-13-25/h4-9,14-15,21-22H,1-3,10-13,16-17H2. The van der Waals surface area contributed by atoms with E-state index in [0.717, 1.165) is 38.5 Å². The Balaban J connectivity index is 1.31. The maximum Gasteiger partial charge on any atom is 0.253 e. The summed E-state index contributed by atoms with van der Waals surface area (Å²) in [6, 6.07) is 10.1. The van der Waals surface area contributed by atoms with Crippen LogP contribution in [0.3, 0.4) is 0 Å². The highest BCUT2D eigenvalue weighted by atomic mass is 19.1. The van der Waals surface area contributed by atoms with Crippen LogP contribution in [-0.4, -0.2) is 45.7 Å². The summed E-state index contributed by atoms with van der Waals surface area (Å²) in [7, 11) is 0. The number of hydrogen-bond acceptors (Lipinski definition) is 3. The van der Waals surface area contributed by atoms with Gasteiger partial charge in [0.25, 0.3) is 5.91 Å². The zero-order valence-corrected chi connectivity index (χ0v) is 17.7. The van der Waals surface area contributed by atoms with Crippen LogP contribution in [0.2, 0.25) is 0 Å². The van der Waals surface area contributed by atoms with Gasteiger partial charge in [-0.15, -0.1) is 0 Å². The first-order valence-corrected chi connectivity index (χ1v) is 11.4. The van der Waals surface area contributed by atoms with Crippen LogP contribution in [0.5, 0.6) is 0 Å². The van der Waals surface area contributed by atoms with Gasteiger partial charge in [-0.1, -0.05) is 19.3 Å². The van der Waals surface area contributed by atoms with Crippen LogP contribution in [0.4, 0.5) is 4.39 Å². The van der Waals surface area contributed by atoms with Crippen LogP contribution < -0.4 is 0 Å². The van der Waals surface area contributed by atoms with Crippen LogP contribution in [0.1, 0.15) is 66.9 Å². The van der Waals surface area contributed by atoms with E-state index in [9.17, 15) is 14.0 Å². The SMILES string of the molecule is O=C(c1ccc(F)cc1)N1CCC(N2C(=O)C3(CCCCC3)C2c2ccncc2)CC1. The number of carbonyl (C=O) groups is 2. The van der Waals surface area contributed by atoms with Crippen molar-refractivity contribution in [2.45, 2.75) is 57.0 Å². The summed E-state index contributed by atoms with van der Waals surface area (Å²) in [4.78, 5) is 34.4. The Kier molecular flexibility index (Phi) is 5.24. The van der Waals surface area contributed by atoms with E-state index in [0.29, 0.717) is 24.6 Å². The van der Waals surface area contributed by atoms with Crippen LogP contribution in [0.25, 0.3) is 0 Å². The summed E-state index contributed by atoms with van der Waals surface area (Å²) >= 11 is 0. The Bertz CT molecular complexity index is 948. The number of halogens is 1. The number of pyridine rings is 1. The Morgan fingerprint density at radius 1 is 0.968 bits per heavy atom. The Hall–Kier alpha value is -2.76. The molecule has 3 fully saturated rings. The summed E-state index contributed by atoms with van der Waals surface area (Å²) in [5, 5.41) is 0. The van der Waals surface area contributed by atoms with Gasteiger partial charge < -0.3 is 9.80 Å². The van der Waals surface area contributed by atoms with E-state index in [-0.39, 0.29) is 29.2 Å².